The van der Waals surface area contributed by atoms with Gasteiger partial charge < -0.3 is 4.74 Å². The third-order valence-corrected chi connectivity index (χ3v) is 7.23. The van der Waals surface area contributed by atoms with E-state index in [1.54, 1.807) is 0 Å². The molecule has 0 amide bonds. The maximum Gasteiger partial charge on any atom is 0.312 e. The van der Waals surface area contributed by atoms with Gasteiger partial charge in [-0.25, -0.2) is 0 Å². The molecule has 35 heavy (non-hydrogen) atoms. The molecule has 0 saturated heterocycles. The SMILES string of the molecule is CCC(C)CC(CC(C)(CCC#N)C(=O)OCc1ccccc1)(c1ccccc1)c1ccccc1. The molecule has 2 unspecified atom stereocenters. The molecule has 0 bridgehead atoms. The third-order valence-electron chi connectivity index (χ3n) is 7.23. The van der Waals surface area contributed by atoms with Crippen molar-refractivity contribution in [2.75, 3.05) is 0 Å². The minimum absolute atomic E-state index is 0.233. The molecule has 0 N–H and O–H groups in total. The molecule has 3 nitrogen and oxygen atoms in total. The molecule has 2 atom stereocenters. The van der Waals surface area contributed by atoms with E-state index in [0.717, 1.165) is 18.4 Å². The Balaban J connectivity index is 2.06. The second-order valence-corrected chi connectivity index (χ2v) is 9.99. The van der Waals surface area contributed by atoms with Crippen LogP contribution in [0.5, 0.6) is 0 Å². The topological polar surface area (TPSA) is 50.1 Å². The number of esters is 1. The standard InChI is InChI=1S/C32H37NO2/c1-4-26(2)23-32(28-17-10-6-11-18-28,29-19-12-7-13-20-29)25-31(3,21-14-22-33)30(34)35-24-27-15-8-5-9-16-27/h5-13,15-20,26H,4,14,21,23-25H2,1-3H3. The van der Waals surface area contributed by atoms with Crippen LogP contribution in [-0.2, 0) is 21.6 Å². The van der Waals surface area contributed by atoms with Crippen molar-refractivity contribution < 1.29 is 9.53 Å². The summed E-state index contributed by atoms with van der Waals surface area (Å²) in [5.74, 6) is 0.216. The third kappa shape index (κ3) is 6.61. The Hall–Kier alpha value is -3.38. The van der Waals surface area contributed by atoms with E-state index in [0.29, 0.717) is 25.2 Å². The summed E-state index contributed by atoms with van der Waals surface area (Å²) in [6, 6.07) is 33.1. The largest absolute Gasteiger partial charge is 0.460 e. The highest BCUT2D eigenvalue weighted by atomic mass is 16.5. The Labute approximate surface area is 210 Å². The Morgan fingerprint density at radius 1 is 0.914 bits per heavy atom. The van der Waals surface area contributed by atoms with Crippen molar-refractivity contribution in [2.45, 2.75) is 64.9 Å². The first kappa shape index (κ1) is 26.2. The predicted octanol–water partition coefficient (Wildman–Crippen LogP) is 7.85. The van der Waals surface area contributed by atoms with E-state index < -0.39 is 5.41 Å². The second kappa shape index (κ2) is 12.4. The molecule has 0 radical (unpaired) electrons. The molecule has 3 rings (SSSR count). The van der Waals surface area contributed by atoms with Crippen LogP contribution in [0.25, 0.3) is 0 Å². The molecule has 182 valence electrons. The molecule has 0 aliphatic rings. The molecule has 0 aliphatic heterocycles. The summed E-state index contributed by atoms with van der Waals surface area (Å²) in [6.45, 7) is 6.71. The number of hydrogen-bond donors (Lipinski definition) is 0. The number of carbonyl (C=O) groups is 1. The summed E-state index contributed by atoms with van der Waals surface area (Å²) < 4.78 is 5.89. The summed E-state index contributed by atoms with van der Waals surface area (Å²) >= 11 is 0. The highest BCUT2D eigenvalue weighted by Crippen LogP contribution is 2.49. The lowest BCUT2D eigenvalue weighted by Gasteiger charge is -2.43. The van der Waals surface area contributed by atoms with Crippen LogP contribution in [-0.4, -0.2) is 5.97 Å². The van der Waals surface area contributed by atoms with Crippen LogP contribution < -0.4 is 0 Å². The Bertz CT molecular complexity index is 1050. The van der Waals surface area contributed by atoms with Gasteiger partial charge in [0, 0.05) is 11.8 Å². The minimum Gasteiger partial charge on any atom is -0.460 e. The zero-order valence-corrected chi connectivity index (χ0v) is 21.2. The lowest BCUT2D eigenvalue weighted by Crippen LogP contribution is -2.41. The summed E-state index contributed by atoms with van der Waals surface area (Å²) in [7, 11) is 0. The van der Waals surface area contributed by atoms with E-state index in [-0.39, 0.29) is 18.0 Å². The van der Waals surface area contributed by atoms with Crippen molar-refractivity contribution in [3.05, 3.63) is 108 Å². The average Bonchev–Trinajstić information content (AvgIpc) is 2.91. The van der Waals surface area contributed by atoms with Gasteiger partial charge in [0.1, 0.15) is 6.61 Å². The first-order chi connectivity index (χ1) is 16.9. The lowest BCUT2D eigenvalue weighted by atomic mass is 9.60. The Morgan fingerprint density at radius 3 is 1.91 bits per heavy atom. The molecular weight excluding hydrogens is 430 g/mol. The van der Waals surface area contributed by atoms with Crippen molar-refractivity contribution >= 4 is 5.97 Å². The summed E-state index contributed by atoms with van der Waals surface area (Å²) in [4.78, 5) is 13.7. The van der Waals surface area contributed by atoms with Crippen LogP contribution in [0.4, 0.5) is 0 Å². The fourth-order valence-corrected chi connectivity index (χ4v) is 5.09. The first-order valence-corrected chi connectivity index (χ1v) is 12.6. The van der Waals surface area contributed by atoms with E-state index in [1.165, 1.54) is 11.1 Å². The number of carbonyl (C=O) groups excluding carboxylic acids is 1. The highest BCUT2D eigenvalue weighted by Gasteiger charge is 2.46. The van der Waals surface area contributed by atoms with Gasteiger partial charge in [0.2, 0.25) is 0 Å². The Kier molecular flexibility index (Phi) is 9.26. The van der Waals surface area contributed by atoms with Crippen molar-refractivity contribution in [1.29, 1.82) is 5.26 Å². The average molecular weight is 468 g/mol. The van der Waals surface area contributed by atoms with Crippen LogP contribution in [0.2, 0.25) is 0 Å². The van der Waals surface area contributed by atoms with Crippen LogP contribution in [0.3, 0.4) is 0 Å². The lowest BCUT2D eigenvalue weighted by molar-refractivity contribution is -0.158. The quantitative estimate of drug-likeness (QED) is 0.255. The number of benzene rings is 3. The van der Waals surface area contributed by atoms with Gasteiger partial charge in [-0.1, -0.05) is 111 Å². The van der Waals surface area contributed by atoms with E-state index >= 15 is 0 Å². The molecule has 3 aromatic rings. The van der Waals surface area contributed by atoms with Crippen LogP contribution >= 0.6 is 0 Å². The van der Waals surface area contributed by atoms with Crippen LogP contribution in [0, 0.1) is 22.7 Å². The van der Waals surface area contributed by atoms with Gasteiger partial charge in [0.05, 0.1) is 11.5 Å². The Morgan fingerprint density at radius 2 is 1.43 bits per heavy atom. The van der Waals surface area contributed by atoms with Gasteiger partial charge in [-0.2, -0.15) is 5.26 Å². The monoisotopic (exact) mass is 467 g/mol. The number of rotatable bonds is 12. The molecule has 3 heteroatoms. The first-order valence-electron chi connectivity index (χ1n) is 12.6. The maximum absolute atomic E-state index is 13.7. The maximum atomic E-state index is 13.7. The molecular formula is C32H37NO2. The van der Waals surface area contributed by atoms with Gasteiger partial charge in [0.25, 0.3) is 0 Å². The fraction of sp³-hybridized carbons (Fsp3) is 0.375. The highest BCUT2D eigenvalue weighted by molar-refractivity contribution is 5.77. The van der Waals surface area contributed by atoms with Crippen molar-refractivity contribution in [2.24, 2.45) is 11.3 Å². The zero-order chi connectivity index (χ0) is 25.2. The molecule has 0 spiro atoms. The molecule has 0 fully saturated rings. The van der Waals surface area contributed by atoms with Gasteiger partial charge in [-0.05, 0) is 48.8 Å². The van der Waals surface area contributed by atoms with Crippen LogP contribution in [0.15, 0.2) is 91.0 Å². The van der Waals surface area contributed by atoms with Crippen molar-refractivity contribution in [1.82, 2.24) is 0 Å². The van der Waals surface area contributed by atoms with Crippen molar-refractivity contribution in [3.63, 3.8) is 0 Å². The summed E-state index contributed by atoms with van der Waals surface area (Å²) in [5.41, 5.74) is 2.16. The fourth-order valence-electron chi connectivity index (χ4n) is 5.09. The summed E-state index contributed by atoms with van der Waals surface area (Å²) in [6.07, 6.45) is 3.30. The van der Waals surface area contributed by atoms with E-state index in [4.69, 9.17) is 4.74 Å². The predicted molar refractivity (Wildman–Crippen MR) is 142 cm³/mol. The molecule has 3 aromatic carbocycles. The molecule has 0 aromatic heterocycles. The molecule has 0 aliphatic carbocycles. The van der Waals surface area contributed by atoms with Gasteiger partial charge >= 0.3 is 5.97 Å². The van der Waals surface area contributed by atoms with Gasteiger partial charge in [-0.15, -0.1) is 0 Å². The van der Waals surface area contributed by atoms with Crippen molar-refractivity contribution in [3.8, 4) is 6.07 Å². The normalized spacial score (nSPS) is 13.9. The van der Waals surface area contributed by atoms with E-state index in [1.807, 2.05) is 49.4 Å². The molecule has 0 heterocycles. The smallest absolute Gasteiger partial charge is 0.312 e. The van der Waals surface area contributed by atoms with Crippen LogP contribution in [0.1, 0.15) is 69.6 Å². The van der Waals surface area contributed by atoms with Gasteiger partial charge in [0.15, 0.2) is 0 Å². The zero-order valence-electron chi connectivity index (χ0n) is 21.2. The van der Waals surface area contributed by atoms with E-state index in [2.05, 4.69) is 68.4 Å². The number of hydrogen-bond acceptors (Lipinski definition) is 3. The minimum atomic E-state index is -0.816. The summed E-state index contributed by atoms with van der Waals surface area (Å²) in [5, 5.41) is 9.43. The second-order valence-electron chi connectivity index (χ2n) is 9.99. The molecule has 0 saturated carbocycles. The number of ether oxygens (including phenoxy) is 1. The number of nitriles is 1. The number of nitrogens with zero attached hydrogens (tertiary/aromatic N) is 1. The van der Waals surface area contributed by atoms with E-state index in [9.17, 15) is 10.1 Å². The van der Waals surface area contributed by atoms with Gasteiger partial charge in [-0.3, -0.25) is 4.79 Å².